The van der Waals surface area contributed by atoms with Crippen molar-refractivity contribution < 1.29 is 50.5 Å². The van der Waals surface area contributed by atoms with Gasteiger partial charge in [-0.1, -0.05) is 0 Å². The minimum atomic E-state index is -2.40. The fourth-order valence-corrected chi connectivity index (χ4v) is 1.55. The largest absolute Gasteiger partial charge is 0.514 e. The highest BCUT2D eigenvalue weighted by Crippen LogP contribution is 2.30. The lowest BCUT2D eigenvalue weighted by Gasteiger charge is -2.30. The Kier molecular flexibility index (Phi) is 4.30. The molecule has 0 N–H and O–H groups in total. The maximum Gasteiger partial charge on any atom is 0.514 e. The van der Waals surface area contributed by atoms with E-state index in [-0.39, 0.29) is 0 Å². The molecule has 1 aromatic carbocycles. The van der Waals surface area contributed by atoms with Crippen molar-refractivity contribution in [1.82, 2.24) is 0 Å². The van der Waals surface area contributed by atoms with Crippen molar-refractivity contribution in [3.63, 3.8) is 0 Å². The molecule has 0 aromatic heterocycles. The number of halogens is 5. The molecule has 1 aromatic rings. The van der Waals surface area contributed by atoms with Gasteiger partial charge in [0.2, 0.25) is 34.8 Å². The lowest BCUT2D eigenvalue weighted by Crippen LogP contribution is -2.47. The van der Waals surface area contributed by atoms with Crippen LogP contribution in [-0.4, -0.2) is 31.1 Å². The number of ether oxygens (including phenoxy) is 4. The SMILES string of the molecule is CC1(OC(=O)Oc2c(F)c(F)c(F)c(F)c2F)COC(=O)OC1. The van der Waals surface area contributed by atoms with Crippen LogP contribution in [0.3, 0.4) is 0 Å². The smallest absolute Gasteiger partial charge is 0.430 e. The summed E-state index contributed by atoms with van der Waals surface area (Å²) >= 11 is 0. The molecule has 11 heteroatoms. The maximum atomic E-state index is 13.3. The minimum Gasteiger partial charge on any atom is -0.430 e. The highest BCUT2D eigenvalue weighted by Gasteiger charge is 2.38. The van der Waals surface area contributed by atoms with Crippen LogP contribution in [0.15, 0.2) is 0 Å². The molecule has 1 aliphatic heterocycles. The first-order chi connectivity index (χ1) is 10.6. The van der Waals surface area contributed by atoms with E-state index in [1.165, 1.54) is 6.92 Å². The van der Waals surface area contributed by atoms with Crippen LogP contribution < -0.4 is 4.74 Å². The maximum absolute atomic E-state index is 13.3. The summed E-state index contributed by atoms with van der Waals surface area (Å²) in [4.78, 5) is 22.2. The average Bonchev–Trinajstić information content (AvgIpc) is 2.51. The van der Waals surface area contributed by atoms with Crippen LogP contribution in [0.5, 0.6) is 5.75 Å². The van der Waals surface area contributed by atoms with Gasteiger partial charge in [0.05, 0.1) is 0 Å². The lowest BCUT2D eigenvalue weighted by molar-refractivity contribution is -0.119. The summed E-state index contributed by atoms with van der Waals surface area (Å²) < 4.78 is 83.0. The van der Waals surface area contributed by atoms with Gasteiger partial charge in [0.25, 0.3) is 0 Å². The van der Waals surface area contributed by atoms with Gasteiger partial charge in [0.15, 0.2) is 5.60 Å². The summed E-state index contributed by atoms with van der Waals surface area (Å²) in [7, 11) is 0. The minimum absolute atomic E-state index is 0.460. The first-order valence-corrected chi connectivity index (χ1v) is 5.86. The van der Waals surface area contributed by atoms with Crippen LogP contribution in [0.2, 0.25) is 0 Å². The molecule has 6 nitrogen and oxygen atoms in total. The number of hydrogen-bond donors (Lipinski definition) is 0. The van der Waals surface area contributed by atoms with Gasteiger partial charge in [-0.05, 0) is 6.92 Å². The van der Waals surface area contributed by atoms with Crippen LogP contribution in [0.1, 0.15) is 6.92 Å². The molecular formula is C12H7F5O6. The van der Waals surface area contributed by atoms with Crippen molar-refractivity contribution >= 4 is 12.3 Å². The van der Waals surface area contributed by atoms with E-state index in [1.54, 1.807) is 0 Å². The van der Waals surface area contributed by atoms with Crippen molar-refractivity contribution in [1.29, 1.82) is 0 Å². The van der Waals surface area contributed by atoms with Gasteiger partial charge in [-0.3, -0.25) is 0 Å². The van der Waals surface area contributed by atoms with Crippen molar-refractivity contribution in [2.45, 2.75) is 12.5 Å². The Morgan fingerprint density at radius 1 is 0.957 bits per heavy atom. The monoisotopic (exact) mass is 342 g/mol. The Morgan fingerprint density at radius 2 is 1.39 bits per heavy atom. The molecule has 0 aliphatic carbocycles. The summed E-state index contributed by atoms with van der Waals surface area (Å²) in [5.41, 5.74) is -1.56. The fourth-order valence-electron chi connectivity index (χ4n) is 1.55. The Bertz CT molecular complexity index is 637. The number of carbonyl (C=O) groups is 2. The van der Waals surface area contributed by atoms with Crippen molar-refractivity contribution in [3.05, 3.63) is 29.1 Å². The Hall–Kier alpha value is -2.59. The van der Waals surface area contributed by atoms with E-state index < -0.39 is 66.0 Å². The zero-order valence-electron chi connectivity index (χ0n) is 11.3. The zero-order chi connectivity index (χ0) is 17.4. The first-order valence-electron chi connectivity index (χ1n) is 5.86. The first kappa shape index (κ1) is 16.8. The third-order valence-corrected chi connectivity index (χ3v) is 2.68. The molecular weight excluding hydrogens is 335 g/mol. The van der Waals surface area contributed by atoms with Crippen LogP contribution in [0.4, 0.5) is 31.5 Å². The molecule has 0 atom stereocenters. The topological polar surface area (TPSA) is 71.1 Å². The summed E-state index contributed by atoms with van der Waals surface area (Å²) in [5, 5.41) is 0. The number of rotatable bonds is 2. The molecule has 1 fully saturated rings. The van der Waals surface area contributed by atoms with E-state index in [0.29, 0.717) is 0 Å². The van der Waals surface area contributed by atoms with Gasteiger partial charge in [-0.15, -0.1) is 0 Å². The van der Waals surface area contributed by atoms with Crippen molar-refractivity contribution in [2.75, 3.05) is 13.2 Å². The van der Waals surface area contributed by atoms with E-state index in [9.17, 15) is 31.5 Å². The van der Waals surface area contributed by atoms with Crippen LogP contribution in [0, 0.1) is 29.1 Å². The van der Waals surface area contributed by atoms with E-state index in [4.69, 9.17) is 0 Å². The number of hydrogen-bond acceptors (Lipinski definition) is 6. The summed E-state index contributed by atoms with van der Waals surface area (Å²) in [5.74, 6) is -13.5. The van der Waals surface area contributed by atoms with Gasteiger partial charge in [0, 0.05) is 0 Å². The normalized spacial score (nSPS) is 16.3. The second-order valence-electron chi connectivity index (χ2n) is 4.63. The molecule has 0 amide bonds. The molecule has 0 unspecified atom stereocenters. The summed E-state index contributed by atoms with van der Waals surface area (Å²) in [6.45, 7) is 0.301. The Labute approximate surface area is 124 Å². The molecule has 0 bridgehead atoms. The van der Waals surface area contributed by atoms with E-state index in [1.807, 2.05) is 0 Å². The average molecular weight is 342 g/mol. The quantitative estimate of drug-likeness (QED) is 0.271. The third-order valence-electron chi connectivity index (χ3n) is 2.68. The number of carbonyl (C=O) groups excluding carboxylic acids is 2. The predicted octanol–water partition coefficient (Wildman–Crippen LogP) is 2.82. The standard InChI is InChI=1S/C12H7F5O6/c1-12(2-20-10(18)21-3-12)23-11(19)22-9-7(16)5(14)4(13)6(15)8(9)17/h2-3H2,1H3. The Morgan fingerprint density at radius 3 is 1.87 bits per heavy atom. The van der Waals surface area contributed by atoms with E-state index >= 15 is 0 Å². The van der Waals surface area contributed by atoms with Crippen LogP contribution in [-0.2, 0) is 14.2 Å². The fraction of sp³-hybridized carbons (Fsp3) is 0.333. The molecule has 1 saturated heterocycles. The van der Waals surface area contributed by atoms with E-state index in [0.717, 1.165) is 0 Å². The summed E-state index contributed by atoms with van der Waals surface area (Å²) in [6, 6.07) is 0. The van der Waals surface area contributed by atoms with Crippen LogP contribution in [0.25, 0.3) is 0 Å². The number of benzene rings is 1. The van der Waals surface area contributed by atoms with Crippen molar-refractivity contribution in [2.24, 2.45) is 0 Å². The lowest BCUT2D eigenvalue weighted by atomic mass is 10.1. The number of cyclic esters (lactones) is 2. The molecule has 126 valence electrons. The molecule has 0 saturated carbocycles. The second kappa shape index (κ2) is 5.89. The van der Waals surface area contributed by atoms with Gasteiger partial charge in [-0.2, -0.15) is 8.78 Å². The molecule has 0 spiro atoms. The van der Waals surface area contributed by atoms with E-state index in [2.05, 4.69) is 18.9 Å². The molecule has 1 aliphatic rings. The Balaban J connectivity index is 2.17. The molecule has 0 radical (unpaired) electrons. The highest BCUT2D eigenvalue weighted by molar-refractivity contribution is 5.65. The van der Waals surface area contributed by atoms with Gasteiger partial charge in [0.1, 0.15) is 13.2 Å². The second-order valence-corrected chi connectivity index (χ2v) is 4.63. The highest BCUT2D eigenvalue weighted by atomic mass is 19.2. The molecule has 2 rings (SSSR count). The van der Waals surface area contributed by atoms with Crippen LogP contribution >= 0.6 is 0 Å². The van der Waals surface area contributed by atoms with Gasteiger partial charge < -0.3 is 18.9 Å². The third kappa shape index (κ3) is 3.27. The predicted molar refractivity (Wildman–Crippen MR) is 59.0 cm³/mol. The van der Waals surface area contributed by atoms with Gasteiger partial charge >= 0.3 is 12.3 Å². The zero-order valence-corrected chi connectivity index (χ0v) is 11.3. The molecule has 1 heterocycles. The van der Waals surface area contributed by atoms with Gasteiger partial charge in [-0.25, -0.2) is 22.8 Å². The van der Waals surface area contributed by atoms with Crippen molar-refractivity contribution in [3.8, 4) is 5.75 Å². The summed E-state index contributed by atoms with van der Waals surface area (Å²) in [6.07, 6.45) is -2.81. The molecule has 23 heavy (non-hydrogen) atoms.